The van der Waals surface area contributed by atoms with Crippen molar-refractivity contribution in [2.45, 2.75) is 19.9 Å². The number of carbonyl (C=O) groups is 1. The highest BCUT2D eigenvalue weighted by Gasteiger charge is 2.26. The Hall–Kier alpha value is -1.29. The lowest BCUT2D eigenvalue weighted by Crippen LogP contribution is -2.14. The van der Waals surface area contributed by atoms with Crippen molar-refractivity contribution in [2.24, 2.45) is 5.92 Å². The molecular formula is C14H16N2OS. The zero-order valence-corrected chi connectivity index (χ0v) is 11.2. The number of hydrogen-bond donors (Lipinski definition) is 0. The summed E-state index contributed by atoms with van der Waals surface area (Å²) in [5.74, 6) is 2.18. The largest absolute Gasteiger partial charge is 0.298 e. The van der Waals surface area contributed by atoms with Gasteiger partial charge < -0.3 is 0 Å². The third kappa shape index (κ3) is 1.94. The van der Waals surface area contributed by atoms with Crippen molar-refractivity contribution in [2.75, 3.05) is 11.5 Å². The van der Waals surface area contributed by atoms with E-state index in [9.17, 15) is 4.79 Å². The minimum atomic E-state index is 0.165. The van der Waals surface area contributed by atoms with Gasteiger partial charge in [-0.3, -0.25) is 9.48 Å². The molecular weight excluding hydrogens is 244 g/mol. The van der Waals surface area contributed by atoms with Gasteiger partial charge in [-0.15, -0.1) is 0 Å². The van der Waals surface area contributed by atoms with Crippen LogP contribution in [0, 0.1) is 5.92 Å². The Morgan fingerprint density at radius 1 is 1.44 bits per heavy atom. The summed E-state index contributed by atoms with van der Waals surface area (Å²) in [4.78, 5) is 11.7. The monoisotopic (exact) mass is 260 g/mol. The molecule has 1 atom stereocenters. The van der Waals surface area contributed by atoms with Gasteiger partial charge in [0.15, 0.2) is 0 Å². The van der Waals surface area contributed by atoms with E-state index in [1.54, 1.807) is 11.8 Å². The maximum atomic E-state index is 11.7. The SMILES string of the molecule is CCn1nc(CC2CSCC2=O)c2ccccc21. The molecule has 1 aliphatic heterocycles. The Bertz CT molecular complexity index is 590. The van der Waals surface area contributed by atoms with Gasteiger partial charge in [0.25, 0.3) is 0 Å². The van der Waals surface area contributed by atoms with Gasteiger partial charge in [-0.05, 0) is 13.0 Å². The number of rotatable bonds is 3. The van der Waals surface area contributed by atoms with Crippen molar-refractivity contribution in [1.82, 2.24) is 9.78 Å². The lowest BCUT2D eigenvalue weighted by atomic mass is 10.00. The minimum absolute atomic E-state index is 0.165. The Balaban J connectivity index is 1.98. The maximum Gasteiger partial charge on any atom is 0.147 e. The Kier molecular flexibility index (Phi) is 3.12. The first-order valence-electron chi connectivity index (χ1n) is 6.34. The number of benzene rings is 1. The third-order valence-electron chi connectivity index (χ3n) is 3.49. The van der Waals surface area contributed by atoms with Crippen molar-refractivity contribution in [3.63, 3.8) is 0 Å². The minimum Gasteiger partial charge on any atom is -0.298 e. The zero-order valence-electron chi connectivity index (χ0n) is 10.4. The van der Waals surface area contributed by atoms with Crippen LogP contribution >= 0.6 is 11.8 Å². The Morgan fingerprint density at radius 3 is 3.00 bits per heavy atom. The molecule has 0 bridgehead atoms. The first kappa shape index (κ1) is 11.8. The van der Waals surface area contributed by atoms with Crippen molar-refractivity contribution in [3.8, 4) is 0 Å². The van der Waals surface area contributed by atoms with E-state index < -0.39 is 0 Å². The molecule has 0 amide bonds. The summed E-state index contributed by atoms with van der Waals surface area (Å²) in [5.41, 5.74) is 2.25. The highest BCUT2D eigenvalue weighted by Crippen LogP contribution is 2.27. The van der Waals surface area contributed by atoms with Crippen LogP contribution in [0.1, 0.15) is 12.6 Å². The maximum absolute atomic E-state index is 11.7. The molecule has 0 spiro atoms. The van der Waals surface area contributed by atoms with Crippen LogP contribution in [-0.2, 0) is 17.8 Å². The second-order valence-corrected chi connectivity index (χ2v) is 5.69. The number of nitrogens with zero attached hydrogens (tertiary/aromatic N) is 2. The summed E-state index contributed by atoms with van der Waals surface area (Å²) in [5, 5.41) is 5.86. The van der Waals surface area contributed by atoms with E-state index in [2.05, 4.69) is 24.2 Å². The number of ketones is 1. The summed E-state index contributed by atoms with van der Waals surface area (Å²) >= 11 is 1.74. The molecule has 3 nitrogen and oxygen atoms in total. The third-order valence-corrected chi connectivity index (χ3v) is 4.62. The summed E-state index contributed by atoms with van der Waals surface area (Å²) in [6.07, 6.45) is 0.791. The molecule has 3 rings (SSSR count). The standard InChI is InChI=1S/C14H16N2OS/c1-2-16-13-6-4-3-5-11(13)12(15-16)7-10-8-18-9-14(10)17/h3-6,10H,2,7-9H2,1H3. The van der Waals surface area contributed by atoms with Crippen LogP contribution < -0.4 is 0 Å². The van der Waals surface area contributed by atoms with Crippen LogP contribution in [0.25, 0.3) is 10.9 Å². The Morgan fingerprint density at radius 2 is 2.28 bits per heavy atom. The van der Waals surface area contributed by atoms with E-state index in [1.807, 2.05) is 16.8 Å². The second kappa shape index (κ2) is 4.76. The highest BCUT2D eigenvalue weighted by atomic mass is 32.2. The average molecular weight is 260 g/mol. The molecule has 0 radical (unpaired) electrons. The number of hydrogen-bond acceptors (Lipinski definition) is 3. The van der Waals surface area contributed by atoms with Crippen LogP contribution in [0.5, 0.6) is 0 Å². The smallest absolute Gasteiger partial charge is 0.147 e. The van der Waals surface area contributed by atoms with Gasteiger partial charge in [0.05, 0.1) is 17.0 Å². The first-order valence-corrected chi connectivity index (χ1v) is 7.50. The average Bonchev–Trinajstić information content (AvgIpc) is 2.95. The topological polar surface area (TPSA) is 34.9 Å². The molecule has 18 heavy (non-hydrogen) atoms. The summed E-state index contributed by atoms with van der Waals surface area (Å²) in [6, 6.07) is 8.28. The molecule has 4 heteroatoms. The first-order chi connectivity index (χ1) is 8.79. The number of aryl methyl sites for hydroxylation is 1. The number of thioether (sulfide) groups is 1. The van der Waals surface area contributed by atoms with E-state index in [1.165, 1.54) is 10.9 Å². The van der Waals surface area contributed by atoms with Gasteiger partial charge in [0.1, 0.15) is 5.78 Å². The van der Waals surface area contributed by atoms with Crippen LogP contribution in [-0.4, -0.2) is 27.1 Å². The Labute approximate surface area is 111 Å². The fraction of sp³-hybridized carbons (Fsp3) is 0.429. The summed E-state index contributed by atoms with van der Waals surface area (Å²) in [6.45, 7) is 2.97. The molecule has 94 valence electrons. The molecule has 1 unspecified atom stereocenters. The number of para-hydroxylation sites is 1. The van der Waals surface area contributed by atoms with Gasteiger partial charge in [0.2, 0.25) is 0 Å². The molecule has 0 saturated carbocycles. The van der Waals surface area contributed by atoms with Crippen LogP contribution in [0.15, 0.2) is 24.3 Å². The van der Waals surface area contributed by atoms with E-state index >= 15 is 0 Å². The molecule has 1 aliphatic rings. The summed E-state index contributed by atoms with van der Waals surface area (Å²) < 4.78 is 2.03. The molecule has 1 fully saturated rings. The van der Waals surface area contributed by atoms with Gasteiger partial charge in [-0.25, -0.2) is 0 Å². The zero-order chi connectivity index (χ0) is 12.5. The predicted molar refractivity (Wildman–Crippen MR) is 74.9 cm³/mol. The van der Waals surface area contributed by atoms with Gasteiger partial charge >= 0.3 is 0 Å². The van der Waals surface area contributed by atoms with Crippen LogP contribution in [0.4, 0.5) is 0 Å². The number of fused-ring (bicyclic) bond motifs is 1. The normalized spacial score (nSPS) is 19.8. The number of aromatic nitrogens is 2. The molecule has 0 aliphatic carbocycles. The van der Waals surface area contributed by atoms with Crippen LogP contribution in [0.3, 0.4) is 0 Å². The number of carbonyl (C=O) groups excluding carboxylic acids is 1. The predicted octanol–water partition coefficient (Wildman–Crippen LogP) is 2.53. The van der Waals surface area contributed by atoms with E-state index in [0.29, 0.717) is 11.5 Å². The molecule has 2 aromatic rings. The van der Waals surface area contributed by atoms with Crippen molar-refractivity contribution < 1.29 is 4.79 Å². The lowest BCUT2D eigenvalue weighted by molar-refractivity contribution is -0.119. The fourth-order valence-corrected chi connectivity index (χ4v) is 3.65. The summed E-state index contributed by atoms with van der Waals surface area (Å²) in [7, 11) is 0. The van der Waals surface area contributed by atoms with Gasteiger partial charge in [-0.1, -0.05) is 18.2 Å². The van der Waals surface area contributed by atoms with Crippen LogP contribution in [0.2, 0.25) is 0 Å². The van der Waals surface area contributed by atoms with Crippen molar-refractivity contribution in [1.29, 1.82) is 0 Å². The molecule has 2 heterocycles. The second-order valence-electron chi connectivity index (χ2n) is 4.66. The van der Waals surface area contributed by atoms with Crippen molar-refractivity contribution in [3.05, 3.63) is 30.0 Å². The van der Waals surface area contributed by atoms with E-state index in [0.717, 1.165) is 24.4 Å². The molecule has 1 aromatic heterocycles. The lowest BCUT2D eigenvalue weighted by Gasteiger charge is -2.04. The molecule has 0 N–H and O–H groups in total. The fourth-order valence-electron chi connectivity index (χ4n) is 2.51. The highest BCUT2D eigenvalue weighted by molar-refractivity contribution is 8.00. The van der Waals surface area contributed by atoms with Gasteiger partial charge in [-0.2, -0.15) is 16.9 Å². The van der Waals surface area contributed by atoms with E-state index in [-0.39, 0.29) is 5.92 Å². The molecule has 1 saturated heterocycles. The molecule has 1 aromatic carbocycles. The quantitative estimate of drug-likeness (QED) is 0.850. The number of Topliss-reactive ketones (excluding diaryl/α,β-unsaturated/α-hetero) is 1. The van der Waals surface area contributed by atoms with Gasteiger partial charge in [0, 0.05) is 30.0 Å². The van der Waals surface area contributed by atoms with Crippen molar-refractivity contribution >= 4 is 28.4 Å². The van der Waals surface area contributed by atoms with E-state index in [4.69, 9.17) is 0 Å².